The molecule has 164 valence electrons. The highest BCUT2D eigenvalue weighted by atomic mass is 32.2. The summed E-state index contributed by atoms with van der Waals surface area (Å²) < 4.78 is 38.6. The van der Waals surface area contributed by atoms with Gasteiger partial charge in [-0.05, 0) is 54.5 Å². The number of rotatable bonds is 9. The van der Waals surface area contributed by atoms with Crippen molar-refractivity contribution in [3.8, 4) is 11.5 Å². The third kappa shape index (κ3) is 6.94. The second-order valence-electron chi connectivity index (χ2n) is 8.42. The molecule has 0 saturated carbocycles. The molecule has 9 heteroatoms. The van der Waals surface area contributed by atoms with Gasteiger partial charge in [-0.2, -0.15) is 0 Å². The van der Waals surface area contributed by atoms with E-state index in [4.69, 9.17) is 9.26 Å². The van der Waals surface area contributed by atoms with Gasteiger partial charge in [-0.1, -0.05) is 39.0 Å². The Morgan fingerprint density at radius 1 is 0.967 bits per heavy atom. The van der Waals surface area contributed by atoms with Gasteiger partial charge in [0.25, 0.3) is 0 Å². The summed E-state index contributed by atoms with van der Waals surface area (Å²) in [6.07, 6.45) is -0.0247. The number of benzene rings is 2. The number of carbonyl (C=O) groups is 1. The van der Waals surface area contributed by atoms with Crippen LogP contribution in [0.15, 0.2) is 59.5 Å². The normalized spacial score (nSPS) is 12.4. The number of nitrogens with one attached hydrogen (secondary N) is 2. The van der Waals surface area contributed by atoms with Gasteiger partial charge in [-0.15, -0.1) is 0 Å². The third-order valence-corrected chi connectivity index (χ3v) is 10.7. The van der Waals surface area contributed by atoms with Gasteiger partial charge in [-0.25, -0.2) is 18.6 Å². The Morgan fingerprint density at radius 3 is 2.10 bits per heavy atom. The molecule has 0 aliphatic heterocycles. The largest absolute Gasteiger partial charge is 0.457 e. The van der Waals surface area contributed by atoms with Crippen LogP contribution in [-0.2, 0) is 19.3 Å². The van der Waals surface area contributed by atoms with Crippen molar-refractivity contribution in [2.45, 2.75) is 50.2 Å². The average Bonchev–Trinajstić information content (AvgIpc) is 2.67. The highest BCUT2D eigenvalue weighted by molar-refractivity contribution is 7.89. The van der Waals surface area contributed by atoms with Crippen molar-refractivity contribution >= 4 is 24.2 Å². The molecule has 2 aromatic carbocycles. The molecule has 0 aromatic heterocycles. The van der Waals surface area contributed by atoms with Crippen molar-refractivity contribution in [2.24, 2.45) is 0 Å². The zero-order valence-corrected chi connectivity index (χ0v) is 19.9. The lowest BCUT2D eigenvalue weighted by Crippen LogP contribution is -2.47. The van der Waals surface area contributed by atoms with E-state index in [1.165, 1.54) is 12.1 Å². The molecule has 0 spiro atoms. The highest BCUT2D eigenvalue weighted by Gasteiger charge is 2.38. The second-order valence-corrected chi connectivity index (χ2v) is 14.9. The van der Waals surface area contributed by atoms with Crippen molar-refractivity contribution in [3.63, 3.8) is 0 Å². The molecular formula is C21H30N2O5SSi. The van der Waals surface area contributed by atoms with Crippen LogP contribution in [0, 0.1) is 0 Å². The van der Waals surface area contributed by atoms with Gasteiger partial charge < -0.3 is 9.26 Å². The van der Waals surface area contributed by atoms with Crippen LogP contribution in [0.3, 0.4) is 0 Å². The van der Waals surface area contributed by atoms with Crippen molar-refractivity contribution < 1.29 is 22.5 Å². The predicted octanol–water partition coefficient (Wildman–Crippen LogP) is 4.20. The lowest BCUT2D eigenvalue weighted by Gasteiger charge is -2.35. The molecule has 0 fully saturated rings. The smallest absolute Gasteiger partial charge is 0.243 e. The average molecular weight is 451 g/mol. The van der Waals surface area contributed by atoms with E-state index in [-0.39, 0.29) is 28.8 Å². The van der Waals surface area contributed by atoms with Crippen molar-refractivity contribution in [1.29, 1.82) is 0 Å². The van der Waals surface area contributed by atoms with Crippen LogP contribution >= 0.6 is 0 Å². The van der Waals surface area contributed by atoms with Crippen molar-refractivity contribution in [3.05, 3.63) is 54.6 Å². The van der Waals surface area contributed by atoms with E-state index in [1.807, 2.05) is 43.4 Å². The number of hydrogen-bond donors (Lipinski definition) is 2. The number of hydroxylamine groups is 1. The van der Waals surface area contributed by atoms with Crippen LogP contribution < -0.4 is 14.9 Å². The first-order valence-corrected chi connectivity index (χ1v) is 14.1. The summed E-state index contributed by atoms with van der Waals surface area (Å²) in [5.41, 5.74) is 2.46. The maximum atomic E-state index is 12.4. The molecule has 0 bridgehead atoms. The summed E-state index contributed by atoms with van der Waals surface area (Å²) in [7, 11) is -5.84. The van der Waals surface area contributed by atoms with E-state index in [2.05, 4.69) is 31.0 Å². The van der Waals surface area contributed by atoms with Gasteiger partial charge in [0.15, 0.2) is 0 Å². The minimum atomic E-state index is -3.73. The van der Waals surface area contributed by atoms with E-state index in [9.17, 15) is 13.2 Å². The fourth-order valence-corrected chi connectivity index (χ4v) is 3.79. The van der Waals surface area contributed by atoms with Crippen LogP contribution in [-0.4, -0.2) is 29.2 Å². The zero-order valence-electron chi connectivity index (χ0n) is 18.1. The molecule has 2 N–H and O–H groups in total. The Bertz CT molecular complexity index is 940. The van der Waals surface area contributed by atoms with Crippen LogP contribution in [0.4, 0.5) is 0 Å². The lowest BCUT2D eigenvalue weighted by molar-refractivity contribution is -0.128. The van der Waals surface area contributed by atoms with Gasteiger partial charge in [0.1, 0.15) is 11.5 Å². The second kappa shape index (κ2) is 9.74. The number of amides is 1. The summed E-state index contributed by atoms with van der Waals surface area (Å²) in [5, 5.41) is -0.0434. The van der Waals surface area contributed by atoms with E-state index < -0.39 is 18.3 Å². The molecule has 0 aliphatic rings. The Kier molecular flexibility index (Phi) is 7.81. The SMILES string of the molecule is CC(C)(C)[Si](C)(C)ONC(=O)CCNS(=O)(=O)c1ccc(Oc2ccccc2)cc1. The standard InChI is InChI=1S/C21H30N2O5SSi/c1-21(2,3)30(4,5)28-23-20(24)15-16-22-29(25,26)19-13-11-18(12-14-19)27-17-9-7-6-8-10-17/h6-14,22H,15-16H2,1-5H3,(H,23,24). The van der Waals surface area contributed by atoms with Crippen LogP contribution in [0.25, 0.3) is 0 Å². The summed E-state index contributed by atoms with van der Waals surface area (Å²) >= 11 is 0. The van der Waals surface area contributed by atoms with Gasteiger partial charge >= 0.3 is 0 Å². The molecule has 1 amide bonds. The Hall–Kier alpha value is -2.20. The quantitative estimate of drug-likeness (QED) is 0.441. The Morgan fingerprint density at radius 2 is 1.53 bits per heavy atom. The number of sulfonamides is 1. The molecule has 7 nitrogen and oxygen atoms in total. The van der Waals surface area contributed by atoms with Gasteiger partial charge in [-0.3, -0.25) is 4.79 Å². The van der Waals surface area contributed by atoms with Crippen LogP contribution in [0.5, 0.6) is 11.5 Å². The molecule has 0 heterocycles. The first kappa shape index (κ1) is 24.1. The lowest BCUT2D eigenvalue weighted by atomic mass is 10.2. The first-order valence-electron chi connectivity index (χ1n) is 9.70. The molecule has 0 aliphatic carbocycles. The maximum absolute atomic E-state index is 12.4. The van der Waals surface area contributed by atoms with Gasteiger partial charge in [0.05, 0.1) is 4.90 Å². The van der Waals surface area contributed by atoms with E-state index in [0.717, 1.165) is 0 Å². The third-order valence-electron chi connectivity index (χ3n) is 4.98. The predicted molar refractivity (Wildman–Crippen MR) is 119 cm³/mol. The van der Waals surface area contributed by atoms with Gasteiger partial charge in [0, 0.05) is 13.0 Å². The van der Waals surface area contributed by atoms with Gasteiger partial charge in [0.2, 0.25) is 24.2 Å². The molecule has 2 rings (SSSR count). The number of para-hydroxylation sites is 1. The van der Waals surface area contributed by atoms with Crippen molar-refractivity contribution in [2.75, 3.05) is 6.54 Å². The Labute approximate surface area is 179 Å². The molecule has 0 atom stereocenters. The topological polar surface area (TPSA) is 93.7 Å². The fraction of sp³-hybridized carbons (Fsp3) is 0.381. The van der Waals surface area contributed by atoms with E-state index in [0.29, 0.717) is 11.5 Å². The number of carbonyl (C=O) groups excluding carboxylic acids is 1. The summed E-state index contributed by atoms with van der Waals surface area (Å²) in [5.74, 6) is 0.827. The number of ether oxygens (including phenoxy) is 1. The molecule has 0 saturated heterocycles. The highest BCUT2D eigenvalue weighted by Crippen LogP contribution is 2.35. The van der Waals surface area contributed by atoms with Crippen molar-refractivity contribution in [1.82, 2.24) is 10.2 Å². The molecule has 0 radical (unpaired) electrons. The molecule has 2 aromatic rings. The summed E-state index contributed by atoms with van der Waals surface area (Å²) in [6.45, 7) is 10.2. The number of hydrogen-bond acceptors (Lipinski definition) is 5. The minimum absolute atomic E-state index is 0.0247. The molecular weight excluding hydrogens is 420 g/mol. The fourth-order valence-electron chi connectivity index (χ4n) is 2.08. The zero-order chi connectivity index (χ0) is 22.4. The molecule has 30 heavy (non-hydrogen) atoms. The minimum Gasteiger partial charge on any atom is -0.457 e. The summed E-state index contributed by atoms with van der Waals surface area (Å²) in [6, 6.07) is 15.3. The Balaban J connectivity index is 1.84. The monoisotopic (exact) mass is 450 g/mol. The van der Waals surface area contributed by atoms with Crippen LogP contribution in [0.2, 0.25) is 18.1 Å². The maximum Gasteiger partial charge on any atom is 0.243 e. The van der Waals surface area contributed by atoms with E-state index >= 15 is 0 Å². The van der Waals surface area contributed by atoms with E-state index in [1.54, 1.807) is 12.1 Å². The first-order chi connectivity index (χ1) is 13.9. The van der Waals surface area contributed by atoms with Crippen LogP contribution in [0.1, 0.15) is 27.2 Å². The molecule has 0 unspecified atom stereocenters. The summed E-state index contributed by atoms with van der Waals surface area (Å²) in [4.78, 5) is 12.1.